The molecule has 0 fully saturated rings. The van der Waals surface area contributed by atoms with Crippen molar-refractivity contribution < 1.29 is 28.5 Å². The molecular formula is C11H17BrIN. The van der Waals surface area contributed by atoms with Gasteiger partial charge in [-0.2, -0.15) is 0 Å². The molecule has 14 heavy (non-hydrogen) atoms. The summed E-state index contributed by atoms with van der Waals surface area (Å²) < 4.78 is 2.19. The van der Waals surface area contributed by atoms with Crippen molar-refractivity contribution in [2.24, 2.45) is 0 Å². The highest BCUT2D eigenvalue weighted by atomic mass is 127. The van der Waals surface area contributed by atoms with E-state index in [9.17, 15) is 0 Å². The maximum absolute atomic E-state index is 3.44. The molecule has 3 heteroatoms. The molecule has 0 aliphatic heterocycles. The first-order valence-electron chi connectivity index (χ1n) is 4.60. The number of hydrogen-bond acceptors (Lipinski definition) is 0. The van der Waals surface area contributed by atoms with Crippen LogP contribution in [-0.4, -0.2) is 25.1 Å². The number of quaternary nitrogens is 1. The summed E-state index contributed by atoms with van der Waals surface area (Å²) in [7, 11) is 4.50. The SMILES string of the molecule is CC[N+](C)(C)Cc1ccc(Br)cc1.[I-]. The first-order valence-corrected chi connectivity index (χ1v) is 5.39. The predicted octanol–water partition coefficient (Wildman–Crippen LogP) is 0.0494. The average Bonchev–Trinajstić information content (AvgIpc) is 2.09. The van der Waals surface area contributed by atoms with Gasteiger partial charge in [0.25, 0.3) is 0 Å². The summed E-state index contributed by atoms with van der Waals surface area (Å²) in [5.74, 6) is 0. The molecule has 1 aromatic carbocycles. The lowest BCUT2D eigenvalue weighted by atomic mass is 10.2. The molecule has 80 valence electrons. The fourth-order valence-electron chi connectivity index (χ4n) is 1.20. The lowest BCUT2D eigenvalue weighted by Gasteiger charge is -2.28. The first-order chi connectivity index (χ1) is 6.03. The Bertz CT molecular complexity index is 269. The molecule has 0 unspecified atom stereocenters. The average molecular weight is 370 g/mol. The van der Waals surface area contributed by atoms with E-state index in [2.05, 4.69) is 61.2 Å². The first kappa shape index (κ1) is 14.4. The molecule has 0 bridgehead atoms. The predicted molar refractivity (Wildman–Crippen MR) is 60.5 cm³/mol. The van der Waals surface area contributed by atoms with Crippen LogP contribution in [0.15, 0.2) is 28.7 Å². The molecule has 0 aromatic heterocycles. The van der Waals surface area contributed by atoms with Crippen molar-refractivity contribution in [3.05, 3.63) is 34.3 Å². The number of rotatable bonds is 3. The molecule has 0 radical (unpaired) electrons. The van der Waals surface area contributed by atoms with E-state index in [4.69, 9.17) is 0 Å². The van der Waals surface area contributed by atoms with Gasteiger partial charge in [0, 0.05) is 10.0 Å². The Balaban J connectivity index is 0.00000169. The molecular weight excluding hydrogens is 353 g/mol. The largest absolute Gasteiger partial charge is 1.00 e. The van der Waals surface area contributed by atoms with E-state index in [1.807, 2.05) is 0 Å². The summed E-state index contributed by atoms with van der Waals surface area (Å²) in [4.78, 5) is 0. The van der Waals surface area contributed by atoms with E-state index in [0.717, 1.165) is 22.0 Å². The minimum atomic E-state index is 0. The Morgan fingerprint density at radius 3 is 2.07 bits per heavy atom. The van der Waals surface area contributed by atoms with Crippen molar-refractivity contribution in [3.8, 4) is 0 Å². The summed E-state index contributed by atoms with van der Waals surface area (Å²) in [6.45, 7) is 4.48. The second-order valence-electron chi connectivity index (χ2n) is 4.04. The van der Waals surface area contributed by atoms with E-state index in [0.29, 0.717) is 0 Å². The van der Waals surface area contributed by atoms with Crippen LogP contribution in [0.2, 0.25) is 0 Å². The van der Waals surface area contributed by atoms with Crippen LogP contribution in [0.4, 0.5) is 0 Å². The van der Waals surface area contributed by atoms with Crippen molar-refractivity contribution in [2.45, 2.75) is 13.5 Å². The number of hydrogen-bond donors (Lipinski definition) is 0. The van der Waals surface area contributed by atoms with Crippen LogP contribution in [0.1, 0.15) is 12.5 Å². The van der Waals surface area contributed by atoms with Crippen LogP contribution in [-0.2, 0) is 6.54 Å². The highest BCUT2D eigenvalue weighted by molar-refractivity contribution is 9.10. The van der Waals surface area contributed by atoms with Gasteiger partial charge in [-0.1, -0.05) is 28.1 Å². The van der Waals surface area contributed by atoms with Crippen molar-refractivity contribution in [3.63, 3.8) is 0 Å². The van der Waals surface area contributed by atoms with E-state index < -0.39 is 0 Å². The molecule has 0 heterocycles. The van der Waals surface area contributed by atoms with Gasteiger partial charge in [-0.05, 0) is 19.1 Å². The second kappa shape index (κ2) is 6.08. The van der Waals surface area contributed by atoms with E-state index in [1.165, 1.54) is 5.56 Å². The third-order valence-electron chi connectivity index (χ3n) is 2.38. The minimum absolute atomic E-state index is 0. The van der Waals surface area contributed by atoms with Crippen molar-refractivity contribution in [1.82, 2.24) is 0 Å². The van der Waals surface area contributed by atoms with Crippen molar-refractivity contribution in [1.29, 1.82) is 0 Å². The molecule has 0 atom stereocenters. The Morgan fingerprint density at radius 1 is 1.14 bits per heavy atom. The zero-order chi connectivity index (χ0) is 9.90. The minimum Gasteiger partial charge on any atom is -1.00 e. The summed E-state index contributed by atoms with van der Waals surface area (Å²) in [6.07, 6.45) is 0. The van der Waals surface area contributed by atoms with Gasteiger partial charge in [0.05, 0.1) is 20.6 Å². The monoisotopic (exact) mass is 369 g/mol. The molecule has 1 nitrogen and oxygen atoms in total. The fraction of sp³-hybridized carbons (Fsp3) is 0.455. The van der Waals surface area contributed by atoms with Gasteiger partial charge < -0.3 is 28.5 Å². The van der Waals surface area contributed by atoms with Crippen LogP contribution >= 0.6 is 15.9 Å². The van der Waals surface area contributed by atoms with Crippen LogP contribution in [0, 0.1) is 0 Å². The lowest BCUT2D eigenvalue weighted by molar-refractivity contribution is -0.901. The quantitative estimate of drug-likeness (QED) is 0.521. The Labute approximate surface area is 112 Å². The van der Waals surface area contributed by atoms with Crippen LogP contribution in [0.25, 0.3) is 0 Å². The summed E-state index contributed by atoms with van der Waals surface area (Å²) >= 11 is 3.44. The topological polar surface area (TPSA) is 0 Å². The summed E-state index contributed by atoms with van der Waals surface area (Å²) in [5.41, 5.74) is 1.40. The highest BCUT2D eigenvalue weighted by Gasteiger charge is 2.11. The summed E-state index contributed by atoms with van der Waals surface area (Å²) in [5, 5.41) is 0. The van der Waals surface area contributed by atoms with Gasteiger partial charge in [0.15, 0.2) is 0 Å². The molecule has 0 spiro atoms. The van der Waals surface area contributed by atoms with E-state index in [1.54, 1.807) is 0 Å². The van der Waals surface area contributed by atoms with Gasteiger partial charge in [-0.3, -0.25) is 0 Å². The van der Waals surface area contributed by atoms with Crippen LogP contribution in [0.5, 0.6) is 0 Å². The number of benzene rings is 1. The van der Waals surface area contributed by atoms with Gasteiger partial charge in [-0.15, -0.1) is 0 Å². The molecule has 0 N–H and O–H groups in total. The Kier molecular flexibility index (Phi) is 6.25. The molecule has 1 rings (SSSR count). The lowest BCUT2D eigenvalue weighted by Crippen LogP contribution is -3.00. The highest BCUT2D eigenvalue weighted by Crippen LogP contribution is 2.13. The molecule has 0 aliphatic rings. The van der Waals surface area contributed by atoms with Gasteiger partial charge in [-0.25, -0.2) is 0 Å². The van der Waals surface area contributed by atoms with E-state index >= 15 is 0 Å². The second-order valence-corrected chi connectivity index (χ2v) is 4.95. The molecule has 0 saturated heterocycles. The fourth-order valence-corrected chi connectivity index (χ4v) is 1.46. The van der Waals surface area contributed by atoms with Crippen LogP contribution in [0.3, 0.4) is 0 Å². The Morgan fingerprint density at radius 2 is 1.64 bits per heavy atom. The molecule has 0 saturated carbocycles. The standard InChI is InChI=1S/C11H17BrN.HI/c1-4-13(2,3)9-10-5-7-11(12)8-6-10;/h5-8H,4,9H2,1-3H3;1H/q+1;/p-1. The molecule has 0 amide bonds. The zero-order valence-electron chi connectivity index (χ0n) is 8.93. The third kappa shape index (κ3) is 4.75. The number of halogens is 2. The Hall–Kier alpha value is 0.390. The summed E-state index contributed by atoms with van der Waals surface area (Å²) in [6, 6.07) is 8.56. The maximum Gasteiger partial charge on any atom is 0.104 e. The molecule has 1 aromatic rings. The smallest absolute Gasteiger partial charge is 0.104 e. The van der Waals surface area contributed by atoms with Crippen molar-refractivity contribution in [2.75, 3.05) is 20.6 Å². The van der Waals surface area contributed by atoms with Gasteiger partial charge in [0.1, 0.15) is 6.54 Å². The zero-order valence-corrected chi connectivity index (χ0v) is 12.7. The maximum atomic E-state index is 3.44. The van der Waals surface area contributed by atoms with Gasteiger partial charge in [0.2, 0.25) is 0 Å². The number of nitrogens with zero attached hydrogens (tertiary/aromatic N) is 1. The van der Waals surface area contributed by atoms with E-state index in [-0.39, 0.29) is 24.0 Å². The molecule has 0 aliphatic carbocycles. The van der Waals surface area contributed by atoms with Crippen LogP contribution < -0.4 is 24.0 Å². The normalized spacial score (nSPS) is 10.9. The third-order valence-corrected chi connectivity index (χ3v) is 2.91. The van der Waals surface area contributed by atoms with Gasteiger partial charge >= 0.3 is 0 Å². The van der Waals surface area contributed by atoms with Crippen molar-refractivity contribution >= 4 is 15.9 Å².